The lowest BCUT2D eigenvalue weighted by molar-refractivity contribution is -0.118. The monoisotopic (exact) mass is 395 g/mol. The fourth-order valence-electron chi connectivity index (χ4n) is 3.62. The van der Waals surface area contributed by atoms with E-state index in [1.54, 1.807) is 23.5 Å². The highest BCUT2D eigenvalue weighted by Gasteiger charge is 2.21. The summed E-state index contributed by atoms with van der Waals surface area (Å²) in [4.78, 5) is 42.9. The number of thiophene rings is 1. The summed E-state index contributed by atoms with van der Waals surface area (Å²) < 4.78 is 1.42. The van der Waals surface area contributed by atoms with Crippen molar-refractivity contribution in [1.82, 2.24) is 14.9 Å². The van der Waals surface area contributed by atoms with Crippen LogP contribution in [0.1, 0.15) is 39.7 Å². The molecule has 0 radical (unpaired) electrons. The minimum absolute atomic E-state index is 0.0162. The normalized spacial score (nSPS) is 12.9. The molecule has 144 valence electrons. The van der Waals surface area contributed by atoms with Gasteiger partial charge in [-0.25, -0.2) is 4.98 Å². The van der Waals surface area contributed by atoms with E-state index in [9.17, 15) is 14.4 Å². The largest absolute Gasteiger partial charge is 0.356 e. The number of aromatic nitrogens is 2. The average molecular weight is 395 g/mol. The molecule has 0 saturated heterocycles. The number of Topliss-reactive ketones (excluding diaryl/α,β-unsaturated/α-hetero) is 1. The van der Waals surface area contributed by atoms with Crippen LogP contribution in [0.4, 0.5) is 0 Å². The van der Waals surface area contributed by atoms with Gasteiger partial charge in [-0.3, -0.25) is 19.0 Å². The molecule has 2 aromatic heterocycles. The van der Waals surface area contributed by atoms with Gasteiger partial charge in [-0.2, -0.15) is 0 Å². The first kappa shape index (κ1) is 18.6. The van der Waals surface area contributed by atoms with Crippen LogP contribution in [-0.4, -0.2) is 27.8 Å². The van der Waals surface area contributed by atoms with E-state index >= 15 is 0 Å². The SMILES string of the molecule is CC(=O)NCCc1ccc(C(=O)Cn2cnc3sc4c(c3c2=O)CCC4)cc1. The van der Waals surface area contributed by atoms with Crippen molar-refractivity contribution in [3.05, 3.63) is 62.5 Å². The van der Waals surface area contributed by atoms with E-state index in [0.717, 1.165) is 35.2 Å². The van der Waals surface area contributed by atoms with Crippen LogP contribution >= 0.6 is 11.3 Å². The van der Waals surface area contributed by atoms with Gasteiger partial charge in [-0.05, 0) is 36.8 Å². The molecule has 0 saturated carbocycles. The number of carbonyl (C=O) groups excluding carboxylic acids is 2. The molecular weight excluding hydrogens is 374 g/mol. The lowest BCUT2D eigenvalue weighted by Gasteiger charge is -2.07. The minimum Gasteiger partial charge on any atom is -0.356 e. The third kappa shape index (κ3) is 3.62. The highest BCUT2D eigenvalue weighted by atomic mass is 32.1. The minimum atomic E-state index is -0.122. The standard InChI is InChI=1S/C21H21N3O3S/c1-13(25)22-10-9-14-5-7-15(8-6-14)17(26)11-24-12-23-20-19(21(24)27)16-3-2-4-18(16)28-20/h5-8,12H,2-4,9-11H2,1H3,(H,22,25). The molecule has 3 aromatic rings. The maximum Gasteiger partial charge on any atom is 0.262 e. The molecular formula is C21H21N3O3S. The Kier molecular flexibility index (Phi) is 5.09. The summed E-state index contributed by atoms with van der Waals surface area (Å²) in [6.07, 6.45) is 5.21. The van der Waals surface area contributed by atoms with E-state index in [0.29, 0.717) is 23.9 Å². The zero-order valence-corrected chi connectivity index (χ0v) is 16.5. The first-order chi connectivity index (χ1) is 13.5. The van der Waals surface area contributed by atoms with Crippen LogP contribution < -0.4 is 10.9 Å². The van der Waals surface area contributed by atoms with Crippen LogP contribution in [0.5, 0.6) is 0 Å². The third-order valence-corrected chi connectivity index (χ3v) is 6.27. The van der Waals surface area contributed by atoms with Gasteiger partial charge in [-0.15, -0.1) is 11.3 Å². The van der Waals surface area contributed by atoms with Crippen LogP contribution in [0.2, 0.25) is 0 Å². The molecule has 1 aromatic carbocycles. The molecule has 1 N–H and O–H groups in total. The van der Waals surface area contributed by atoms with Gasteiger partial charge in [0.25, 0.3) is 5.56 Å². The predicted molar refractivity (Wildman–Crippen MR) is 109 cm³/mol. The van der Waals surface area contributed by atoms with Crippen LogP contribution in [0.3, 0.4) is 0 Å². The predicted octanol–water partition coefficient (Wildman–Crippen LogP) is 2.51. The number of amides is 1. The number of rotatable bonds is 6. The third-order valence-electron chi connectivity index (χ3n) is 5.07. The molecule has 7 heteroatoms. The second kappa shape index (κ2) is 7.67. The molecule has 4 rings (SSSR count). The number of benzene rings is 1. The van der Waals surface area contributed by atoms with Crippen LogP contribution in [-0.2, 0) is 30.6 Å². The van der Waals surface area contributed by atoms with E-state index in [1.807, 2.05) is 12.1 Å². The molecule has 28 heavy (non-hydrogen) atoms. The molecule has 2 heterocycles. The molecule has 1 aliphatic rings. The molecule has 0 spiro atoms. The Balaban J connectivity index is 1.50. The smallest absolute Gasteiger partial charge is 0.262 e. The van der Waals surface area contributed by atoms with E-state index < -0.39 is 0 Å². The second-order valence-electron chi connectivity index (χ2n) is 7.07. The Bertz CT molecular complexity index is 1110. The van der Waals surface area contributed by atoms with Gasteiger partial charge in [0.2, 0.25) is 5.91 Å². The zero-order valence-electron chi connectivity index (χ0n) is 15.7. The summed E-state index contributed by atoms with van der Waals surface area (Å²) in [5, 5.41) is 3.45. The fourth-order valence-corrected chi connectivity index (χ4v) is 4.84. The summed E-state index contributed by atoms with van der Waals surface area (Å²) in [7, 11) is 0. The molecule has 0 atom stereocenters. The Hall–Kier alpha value is -2.80. The number of nitrogens with zero attached hydrogens (tertiary/aromatic N) is 2. The molecule has 1 amide bonds. The van der Waals surface area contributed by atoms with Crippen LogP contribution in [0.15, 0.2) is 35.4 Å². The highest BCUT2D eigenvalue weighted by molar-refractivity contribution is 7.18. The Labute approximate surface area is 166 Å². The number of nitrogens with one attached hydrogen (secondary N) is 1. The van der Waals surface area contributed by atoms with Crippen molar-refractivity contribution in [1.29, 1.82) is 0 Å². The van der Waals surface area contributed by atoms with E-state index in [-0.39, 0.29) is 23.8 Å². The van der Waals surface area contributed by atoms with Gasteiger partial charge in [0.1, 0.15) is 4.83 Å². The first-order valence-corrected chi connectivity index (χ1v) is 10.2. The maximum absolute atomic E-state index is 12.9. The van der Waals surface area contributed by atoms with Gasteiger partial charge in [0.15, 0.2) is 5.78 Å². The summed E-state index contributed by atoms with van der Waals surface area (Å²) in [5.41, 5.74) is 2.61. The van der Waals surface area contributed by atoms with Crippen molar-refractivity contribution in [2.75, 3.05) is 6.54 Å². The van der Waals surface area contributed by atoms with Gasteiger partial charge in [-0.1, -0.05) is 24.3 Å². The average Bonchev–Trinajstić information content (AvgIpc) is 3.25. The van der Waals surface area contributed by atoms with E-state index in [4.69, 9.17) is 0 Å². The summed E-state index contributed by atoms with van der Waals surface area (Å²) in [6.45, 7) is 2.03. The zero-order chi connectivity index (χ0) is 19.7. The van der Waals surface area contributed by atoms with Crippen molar-refractivity contribution < 1.29 is 9.59 Å². The van der Waals surface area contributed by atoms with Gasteiger partial charge >= 0.3 is 0 Å². The second-order valence-corrected chi connectivity index (χ2v) is 8.15. The van der Waals surface area contributed by atoms with Crippen LogP contribution in [0.25, 0.3) is 10.2 Å². The number of hydrogen-bond acceptors (Lipinski definition) is 5. The lowest BCUT2D eigenvalue weighted by Crippen LogP contribution is -2.25. The number of fused-ring (bicyclic) bond motifs is 3. The summed E-state index contributed by atoms with van der Waals surface area (Å²) >= 11 is 1.60. The Morgan fingerprint density at radius 3 is 2.75 bits per heavy atom. The quantitative estimate of drug-likeness (QED) is 0.650. The first-order valence-electron chi connectivity index (χ1n) is 9.39. The number of aryl methyl sites for hydroxylation is 2. The molecule has 1 aliphatic carbocycles. The number of carbonyl (C=O) groups is 2. The van der Waals surface area contributed by atoms with Crippen molar-refractivity contribution in [2.45, 2.75) is 39.2 Å². The maximum atomic E-state index is 12.9. The molecule has 0 fully saturated rings. The number of ketones is 1. The van der Waals surface area contributed by atoms with Crippen molar-refractivity contribution in [2.24, 2.45) is 0 Å². The summed E-state index contributed by atoms with van der Waals surface area (Å²) in [6, 6.07) is 7.30. The number of hydrogen-bond donors (Lipinski definition) is 1. The van der Waals surface area contributed by atoms with Crippen molar-refractivity contribution in [3.63, 3.8) is 0 Å². The fraction of sp³-hybridized carbons (Fsp3) is 0.333. The van der Waals surface area contributed by atoms with Gasteiger partial charge in [0.05, 0.1) is 18.3 Å². The molecule has 0 unspecified atom stereocenters. The highest BCUT2D eigenvalue weighted by Crippen LogP contribution is 2.34. The van der Waals surface area contributed by atoms with E-state index in [2.05, 4.69) is 10.3 Å². The van der Waals surface area contributed by atoms with Crippen LogP contribution in [0, 0.1) is 0 Å². The molecule has 0 aliphatic heterocycles. The topological polar surface area (TPSA) is 81.1 Å². The molecule has 6 nitrogen and oxygen atoms in total. The Morgan fingerprint density at radius 2 is 2.00 bits per heavy atom. The molecule has 0 bridgehead atoms. The van der Waals surface area contributed by atoms with Gasteiger partial charge < -0.3 is 5.32 Å². The Morgan fingerprint density at radius 1 is 1.21 bits per heavy atom. The lowest BCUT2D eigenvalue weighted by atomic mass is 10.1. The van der Waals surface area contributed by atoms with Gasteiger partial charge in [0, 0.05) is 23.9 Å². The summed E-state index contributed by atoms with van der Waals surface area (Å²) in [5.74, 6) is -0.178. The van der Waals surface area contributed by atoms with Crippen molar-refractivity contribution >= 4 is 33.2 Å². The van der Waals surface area contributed by atoms with E-state index in [1.165, 1.54) is 22.7 Å². The van der Waals surface area contributed by atoms with Crippen molar-refractivity contribution in [3.8, 4) is 0 Å².